The zero-order valence-electron chi connectivity index (χ0n) is 15.1. The van der Waals surface area contributed by atoms with Crippen molar-refractivity contribution in [3.05, 3.63) is 41.2 Å². The smallest absolute Gasteiger partial charge is 0.262 e. The van der Waals surface area contributed by atoms with Crippen molar-refractivity contribution in [2.75, 3.05) is 11.9 Å². The van der Waals surface area contributed by atoms with E-state index in [1.54, 1.807) is 4.68 Å². The van der Waals surface area contributed by atoms with E-state index in [1.807, 2.05) is 33.0 Å². The van der Waals surface area contributed by atoms with Crippen molar-refractivity contribution in [2.45, 2.75) is 46.5 Å². The molecule has 0 radical (unpaired) electrons. The van der Waals surface area contributed by atoms with Crippen LogP contribution in [0.2, 0.25) is 0 Å². The molecule has 0 spiro atoms. The van der Waals surface area contributed by atoms with Gasteiger partial charge in [0.15, 0.2) is 6.61 Å². The molecule has 0 saturated heterocycles. The van der Waals surface area contributed by atoms with Crippen molar-refractivity contribution in [2.24, 2.45) is 7.05 Å². The van der Waals surface area contributed by atoms with Crippen LogP contribution in [-0.4, -0.2) is 22.3 Å². The molecule has 5 nitrogen and oxygen atoms in total. The van der Waals surface area contributed by atoms with Gasteiger partial charge in [0.2, 0.25) is 0 Å². The van der Waals surface area contributed by atoms with E-state index in [9.17, 15) is 4.79 Å². The number of amides is 1. The summed E-state index contributed by atoms with van der Waals surface area (Å²) in [4.78, 5) is 12.1. The summed E-state index contributed by atoms with van der Waals surface area (Å²) in [5.41, 5.74) is 3.80. The number of unbranched alkanes of at least 4 members (excludes halogenated alkanes) is 2. The molecule has 2 rings (SSSR count). The van der Waals surface area contributed by atoms with Gasteiger partial charge < -0.3 is 10.1 Å². The van der Waals surface area contributed by atoms with Crippen LogP contribution >= 0.6 is 0 Å². The number of carbonyl (C=O) groups excluding carboxylic acids is 1. The van der Waals surface area contributed by atoms with Gasteiger partial charge >= 0.3 is 0 Å². The first-order valence-electron chi connectivity index (χ1n) is 8.53. The number of hydrogen-bond acceptors (Lipinski definition) is 3. The second-order valence-electron chi connectivity index (χ2n) is 6.11. The zero-order chi connectivity index (χ0) is 17.5. The quantitative estimate of drug-likeness (QED) is 0.750. The van der Waals surface area contributed by atoms with Gasteiger partial charge in [-0.25, -0.2) is 0 Å². The Balaban J connectivity index is 1.83. The van der Waals surface area contributed by atoms with E-state index in [0.717, 1.165) is 23.5 Å². The molecule has 5 heteroatoms. The number of carbonyl (C=O) groups is 1. The minimum absolute atomic E-state index is 0.0110. The first kappa shape index (κ1) is 18.0. The van der Waals surface area contributed by atoms with E-state index in [4.69, 9.17) is 4.74 Å². The highest BCUT2D eigenvalue weighted by Gasteiger charge is 2.12. The van der Waals surface area contributed by atoms with E-state index in [2.05, 4.69) is 29.5 Å². The molecule has 1 amide bonds. The van der Waals surface area contributed by atoms with Gasteiger partial charge in [0.05, 0.1) is 17.1 Å². The van der Waals surface area contributed by atoms with Crippen molar-refractivity contribution >= 4 is 11.6 Å². The van der Waals surface area contributed by atoms with E-state index in [0.29, 0.717) is 5.75 Å². The van der Waals surface area contributed by atoms with Crippen molar-refractivity contribution < 1.29 is 9.53 Å². The van der Waals surface area contributed by atoms with Crippen LogP contribution in [0.1, 0.15) is 43.1 Å². The van der Waals surface area contributed by atoms with Gasteiger partial charge in [0, 0.05) is 7.05 Å². The summed E-state index contributed by atoms with van der Waals surface area (Å²) in [5, 5.41) is 7.15. The first-order valence-corrected chi connectivity index (χ1v) is 8.53. The Morgan fingerprint density at radius 1 is 1.21 bits per heavy atom. The van der Waals surface area contributed by atoms with Gasteiger partial charge in [-0.1, -0.05) is 31.9 Å². The Bertz CT molecular complexity index is 675. The fraction of sp³-hybridized carbons (Fsp3) is 0.474. The predicted molar refractivity (Wildman–Crippen MR) is 96.5 cm³/mol. The molecular formula is C19H27N3O2. The number of ether oxygens (including phenoxy) is 1. The summed E-state index contributed by atoms with van der Waals surface area (Å²) in [6.45, 7) is 5.99. The van der Waals surface area contributed by atoms with Crippen LogP contribution in [0.4, 0.5) is 5.69 Å². The number of nitrogens with zero attached hydrogens (tertiary/aromatic N) is 2. The van der Waals surface area contributed by atoms with Gasteiger partial charge in [-0.05, 0) is 44.4 Å². The van der Waals surface area contributed by atoms with Gasteiger partial charge in [0.1, 0.15) is 5.75 Å². The van der Waals surface area contributed by atoms with Gasteiger partial charge in [-0.15, -0.1) is 0 Å². The van der Waals surface area contributed by atoms with Crippen molar-refractivity contribution in [3.8, 4) is 5.75 Å². The number of nitrogens with one attached hydrogen (secondary N) is 1. The summed E-state index contributed by atoms with van der Waals surface area (Å²) in [7, 11) is 1.86. The molecule has 0 bridgehead atoms. The number of aromatic nitrogens is 2. The second kappa shape index (κ2) is 8.52. The minimum atomic E-state index is -0.179. The average molecular weight is 329 g/mol. The van der Waals surface area contributed by atoms with Crippen LogP contribution in [0.5, 0.6) is 5.75 Å². The highest BCUT2D eigenvalue weighted by atomic mass is 16.5. The molecule has 0 aliphatic rings. The number of hydrogen-bond donors (Lipinski definition) is 1. The molecule has 2 aromatic rings. The molecule has 0 saturated carbocycles. The first-order chi connectivity index (χ1) is 11.5. The third kappa shape index (κ3) is 4.85. The van der Waals surface area contributed by atoms with Crippen LogP contribution in [0, 0.1) is 13.8 Å². The van der Waals surface area contributed by atoms with Crippen LogP contribution in [0.15, 0.2) is 24.3 Å². The third-order valence-corrected chi connectivity index (χ3v) is 4.14. The molecule has 130 valence electrons. The van der Waals surface area contributed by atoms with Gasteiger partial charge in [-0.2, -0.15) is 5.10 Å². The molecule has 1 N–H and O–H groups in total. The molecule has 24 heavy (non-hydrogen) atoms. The van der Waals surface area contributed by atoms with E-state index >= 15 is 0 Å². The van der Waals surface area contributed by atoms with Crippen molar-refractivity contribution in [1.29, 1.82) is 0 Å². The van der Waals surface area contributed by atoms with Gasteiger partial charge in [0.25, 0.3) is 5.91 Å². The molecule has 0 aliphatic heterocycles. The molecule has 1 aromatic carbocycles. The van der Waals surface area contributed by atoms with Crippen LogP contribution in [0.3, 0.4) is 0 Å². The summed E-state index contributed by atoms with van der Waals surface area (Å²) in [6, 6.07) is 7.99. The molecule has 0 fully saturated rings. The molecule has 0 aliphatic carbocycles. The van der Waals surface area contributed by atoms with E-state index < -0.39 is 0 Å². The maximum absolute atomic E-state index is 12.1. The van der Waals surface area contributed by atoms with Crippen molar-refractivity contribution in [1.82, 2.24) is 9.78 Å². The van der Waals surface area contributed by atoms with Crippen molar-refractivity contribution in [3.63, 3.8) is 0 Å². The zero-order valence-corrected chi connectivity index (χ0v) is 15.1. The maximum Gasteiger partial charge on any atom is 0.262 e. The van der Waals surface area contributed by atoms with Crippen LogP contribution < -0.4 is 10.1 Å². The lowest BCUT2D eigenvalue weighted by atomic mass is 10.1. The molecule has 1 heterocycles. The largest absolute Gasteiger partial charge is 0.484 e. The number of aryl methyl sites for hydroxylation is 3. The summed E-state index contributed by atoms with van der Waals surface area (Å²) in [6.07, 6.45) is 4.79. The standard InChI is InChI=1S/C19H27N3O2/c1-5-6-7-8-16-9-11-17(12-10-16)24-13-18(23)20-19-14(2)21-22(4)15(19)3/h9-12H,5-8,13H2,1-4H3,(H,20,23). The predicted octanol–water partition coefficient (Wildman–Crippen LogP) is 3.79. The Morgan fingerprint density at radius 2 is 1.92 bits per heavy atom. The van der Waals surface area contributed by atoms with Gasteiger partial charge in [-0.3, -0.25) is 9.48 Å². The summed E-state index contributed by atoms with van der Waals surface area (Å²) < 4.78 is 7.32. The maximum atomic E-state index is 12.1. The van der Waals surface area contributed by atoms with E-state index in [-0.39, 0.29) is 12.5 Å². The fourth-order valence-electron chi connectivity index (χ4n) is 2.61. The third-order valence-electron chi connectivity index (χ3n) is 4.14. The van der Waals surface area contributed by atoms with Crippen LogP contribution in [-0.2, 0) is 18.3 Å². The minimum Gasteiger partial charge on any atom is -0.484 e. The lowest BCUT2D eigenvalue weighted by Gasteiger charge is -2.08. The highest BCUT2D eigenvalue weighted by Crippen LogP contribution is 2.18. The lowest BCUT2D eigenvalue weighted by Crippen LogP contribution is -2.20. The highest BCUT2D eigenvalue weighted by molar-refractivity contribution is 5.93. The normalized spacial score (nSPS) is 10.7. The lowest BCUT2D eigenvalue weighted by molar-refractivity contribution is -0.118. The SMILES string of the molecule is CCCCCc1ccc(OCC(=O)Nc2c(C)nn(C)c2C)cc1. The Kier molecular flexibility index (Phi) is 6.41. The summed E-state index contributed by atoms with van der Waals surface area (Å²) in [5.74, 6) is 0.533. The molecule has 0 atom stereocenters. The Labute approximate surface area is 144 Å². The average Bonchev–Trinajstić information content (AvgIpc) is 2.81. The molecular weight excluding hydrogens is 302 g/mol. The molecule has 1 aromatic heterocycles. The number of anilines is 1. The van der Waals surface area contributed by atoms with E-state index in [1.165, 1.54) is 24.8 Å². The number of benzene rings is 1. The molecule has 0 unspecified atom stereocenters. The second-order valence-corrected chi connectivity index (χ2v) is 6.11. The monoisotopic (exact) mass is 329 g/mol. The topological polar surface area (TPSA) is 56.1 Å². The van der Waals surface area contributed by atoms with Crippen LogP contribution in [0.25, 0.3) is 0 Å². The number of rotatable bonds is 8. The Hall–Kier alpha value is -2.30. The fourth-order valence-corrected chi connectivity index (χ4v) is 2.61. The summed E-state index contributed by atoms with van der Waals surface area (Å²) >= 11 is 0. The Morgan fingerprint density at radius 3 is 2.50 bits per heavy atom.